The first-order valence-corrected chi connectivity index (χ1v) is 12.2. The number of imide groups is 1. The fourth-order valence-electron chi connectivity index (χ4n) is 4.58. The smallest absolute Gasteiger partial charge is 0.325 e. The van der Waals surface area contributed by atoms with Crippen molar-refractivity contribution in [2.75, 3.05) is 20.1 Å². The van der Waals surface area contributed by atoms with Gasteiger partial charge in [-0.2, -0.15) is 0 Å². The van der Waals surface area contributed by atoms with E-state index in [1.165, 1.54) is 4.90 Å². The summed E-state index contributed by atoms with van der Waals surface area (Å²) >= 11 is 0. The highest BCUT2D eigenvalue weighted by molar-refractivity contribution is 6.09. The Morgan fingerprint density at radius 1 is 1.00 bits per heavy atom. The van der Waals surface area contributed by atoms with Crippen molar-refractivity contribution >= 4 is 28.6 Å². The van der Waals surface area contributed by atoms with Crippen LogP contribution in [-0.4, -0.2) is 52.9 Å². The molecule has 188 valence electrons. The summed E-state index contributed by atoms with van der Waals surface area (Å²) in [6.07, 6.45) is 1.27. The number of nitrogens with zero attached hydrogens (tertiary/aromatic N) is 3. The average Bonchev–Trinajstić information content (AvgIpc) is 3.47. The van der Waals surface area contributed by atoms with Crippen LogP contribution in [0.2, 0.25) is 0 Å². The highest BCUT2D eigenvalue weighted by Crippen LogP contribution is 2.31. The molecule has 1 unspecified atom stereocenters. The van der Waals surface area contributed by atoms with Gasteiger partial charge in [0.25, 0.3) is 5.91 Å². The van der Waals surface area contributed by atoms with Crippen molar-refractivity contribution in [3.63, 3.8) is 0 Å². The normalized spacial score (nSPS) is 17.3. The van der Waals surface area contributed by atoms with Gasteiger partial charge in [-0.15, -0.1) is 0 Å². The molecule has 1 N–H and O–H groups in total. The molecule has 2 heterocycles. The maximum atomic E-state index is 13.3. The largest absolute Gasteiger partial charge is 0.361 e. The molecule has 8 heteroatoms. The SMILES string of the molecule is CN(CCCc1cc(-c2ccccc2)no1)C(=O)CN1C(=O)NC(C)(c2ccc3ccccc3c2)C1=O. The van der Waals surface area contributed by atoms with Crippen LogP contribution in [0, 0.1) is 0 Å². The van der Waals surface area contributed by atoms with Crippen molar-refractivity contribution in [1.82, 2.24) is 20.3 Å². The number of nitrogens with one attached hydrogen (secondary N) is 1. The molecule has 0 spiro atoms. The van der Waals surface area contributed by atoms with Crippen LogP contribution in [0.15, 0.2) is 83.4 Å². The summed E-state index contributed by atoms with van der Waals surface area (Å²) in [7, 11) is 1.67. The number of hydrogen-bond acceptors (Lipinski definition) is 5. The van der Waals surface area contributed by atoms with Crippen LogP contribution in [0.1, 0.15) is 24.7 Å². The molecule has 0 bridgehead atoms. The number of carbonyl (C=O) groups is 3. The van der Waals surface area contributed by atoms with E-state index in [4.69, 9.17) is 4.52 Å². The first kappa shape index (κ1) is 24.2. The van der Waals surface area contributed by atoms with Crippen molar-refractivity contribution in [3.05, 3.63) is 90.2 Å². The van der Waals surface area contributed by atoms with Crippen LogP contribution in [0.5, 0.6) is 0 Å². The molecule has 1 aliphatic heterocycles. The van der Waals surface area contributed by atoms with Gasteiger partial charge >= 0.3 is 6.03 Å². The second-order valence-corrected chi connectivity index (χ2v) is 9.47. The summed E-state index contributed by atoms with van der Waals surface area (Å²) in [5, 5.41) is 8.91. The van der Waals surface area contributed by atoms with Crippen LogP contribution in [0.3, 0.4) is 0 Å². The topological polar surface area (TPSA) is 95.8 Å². The lowest BCUT2D eigenvalue weighted by Crippen LogP contribution is -2.43. The summed E-state index contributed by atoms with van der Waals surface area (Å²) in [5.41, 5.74) is 1.19. The molecular weight excluding hydrogens is 468 g/mol. The molecule has 1 aromatic heterocycles. The Labute approximate surface area is 214 Å². The number of aromatic nitrogens is 1. The van der Waals surface area contributed by atoms with E-state index in [2.05, 4.69) is 10.5 Å². The Morgan fingerprint density at radius 3 is 2.51 bits per heavy atom. The fourth-order valence-corrected chi connectivity index (χ4v) is 4.58. The minimum absolute atomic E-state index is 0.311. The third-order valence-electron chi connectivity index (χ3n) is 6.87. The molecule has 1 fully saturated rings. The summed E-state index contributed by atoms with van der Waals surface area (Å²) < 4.78 is 5.43. The van der Waals surface area contributed by atoms with Gasteiger partial charge in [-0.25, -0.2) is 4.79 Å². The number of carbonyl (C=O) groups excluding carboxylic acids is 3. The highest BCUT2D eigenvalue weighted by atomic mass is 16.5. The molecule has 1 aliphatic rings. The third kappa shape index (κ3) is 4.82. The highest BCUT2D eigenvalue weighted by Gasteiger charge is 2.49. The number of urea groups is 1. The van der Waals surface area contributed by atoms with E-state index in [1.54, 1.807) is 14.0 Å². The number of aryl methyl sites for hydroxylation is 1. The monoisotopic (exact) mass is 496 g/mol. The van der Waals surface area contributed by atoms with Gasteiger partial charge in [0.2, 0.25) is 5.91 Å². The lowest BCUT2D eigenvalue weighted by molar-refractivity contribution is -0.138. The number of benzene rings is 3. The lowest BCUT2D eigenvalue weighted by Gasteiger charge is -2.23. The average molecular weight is 497 g/mol. The van der Waals surface area contributed by atoms with Crippen LogP contribution >= 0.6 is 0 Å². The second kappa shape index (κ2) is 9.89. The van der Waals surface area contributed by atoms with Crippen LogP contribution < -0.4 is 5.32 Å². The zero-order chi connectivity index (χ0) is 26.0. The van der Waals surface area contributed by atoms with E-state index >= 15 is 0 Å². The molecule has 1 atom stereocenters. The minimum atomic E-state index is -1.23. The Hall–Kier alpha value is -4.46. The summed E-state index contributed by atoms with van der Waals surface area (Å²) in [6, 6.07) is 24.6. The van der Waals surface area contributed by atoms with E-state index in [-0.39, 0.29) is 12.5 Å². The van der Waals surface area contributed by atoms with Crippen molar-refractivity contribution in [3.8, 4) is 11.3 Å². The van der Waals surface area contributed by atoms with Crippen molar-refractivity contribution in [2.24, 2.45) is 0 Å². The molecule has 1 saturated heterocycles. The summed E-state index contributed by atoms with van der Waals surface area (Å²) in [5.74, 6) is -0.0154. The Bertz CT molecular complexity index is 1470. The van der Waals surface area contributed by atoms with Crippen molar-refractivity contribution in [1.29, 1.82) is 0 Å². The molecule has 0 aliphatic carbocycles. The number of fused-ring (bicyclic) bond motifs is 1. The molecule has 4 amide bonds. The fraction of sp³-hybridized carbons (Fsp3) is 0.241. The number of amides is 4. The number of likely N-dealkylation sites (N-methyl/N-ethyl adjacent to an activating group) is 1. The molecular formula is C29H28N4O4. The Balaban J connectivity index is 1.18. The third-order valence-corrected chi connectivity index (χ3v) is 6.87. The van der Waals surface area contributed by atoms with Gasteiger partial charge in [-0.05, 0) is 35.7 Å². The van der Waals surface area contributed by atoms with Gasteiger partial charge in [-0.3, -0.25) is 14.5 Å². The molecule has 0 saturated carbocycles. The Morgan fingerprint density at radius 2 is 1.73 bits per heavy atom. The summed E-state index contributed by atoms with van der Waals surface area (Å²) in [4.78, 5) is 41.4. The van der Waals surface area contributed by atoms with E-state index in [0.29, 0.717) is 24.9 Å². The molecule has 5 rings (SSSR count). The minimum Gasteiger partial charge on any atom is -0.361 e. The maximum Gasteiger partial charge on any atom is 0.325 e. The summed E-state index contributed by atoms with van der Waals surface area (Å²) in [6.45, 7) is 1.81. The van der Waals surface area contributed by atoms with Gasteiger partial charge in [0.05, 0.1) is 0 Å². The quantitative estimate of drug-likeness (QED) is 0.366. The predicted octanol–water partition coefficient (Wildman–Crippen LogP) is 4.35. The van der Waals surface area contributed by atoms with Gasteiger partial charge < -0.3 is 14.7 Å². The van der Waals surface area contributed by atoms with E-state index in [0.717, 1.165) is 32.7 Å². The molecule has 4 aromatic rings. The lowest BCUT2D eigenvalue weighted by atomic mass is 9.90. The number of hydrogen-bond donors (Lipinski definition) is 1. The van der Waals surface area contributed by atoms with E-state index < -0.39 is 17.5 Å². The van der Waals surface area contributed by atoms with E-state index in [9.17, 15) is 14.4 Å². The standard InChI is InChI=1S/C29H28N4O4/c1-29(23-15-14-20-9-6-7-12-22(20)17-23)27(35)33(28(36)30-29)19-26(34)32(2)16-8-13-24-18-25(31-37-24)21-10-4-3-5-11-21/h3-7,9-12,14-15,17-18H,8,13,16,19H2,1-2H3,(H,30,36). The molecule has 8 nitrogen and oxygen atoms in total. The first-order valence-electron chi connectivity index (χ1n) is 12.2. The van der Waals surface area contributed by atoms with Crippen molar-refractivity contribution < 1.29 is 18.9 Å². The van der Waals surface area contributed by atoms with Crippen molar-refractivity contribution in [2.45, 2.75) is 25.3 Å². The second-order valence-electron chi connectivity index (χ2n) is 9.47. The van der Waals surface area contributed by atoms with Gasteiger partial charge in [0, 0.05) is 31.6 Å². The molecule has 0 radical (unpaired) electrons. The van der Waals surface area contributed by atoms with Crippen LogP contribution in [0.25, 0.3) is 22.0 Å². The molecule has 3 aromatic carbocycles. The maximum absolute atomic E-state index is 13.3. The van der Waals surface area contributed by atoms with Crippen LogP contribution in [-0.2, 0) is 21.5 Å². The predicted molar refractivity (Wildman–Crippen MR) is 139 cm³/mol. The first-order chi connectivity index (χ1) is 17.8. The zero-order valence-electron chi connectivity index (χ0n) is 20.8. The van der Waals surface area contributed by atoms with E-state index in [1.807, 2.05) is 78.9 Å². The van der Waals surface area contributed by atoms with Crippen LogP contribution in [0.4, 0.5) is 4.79 Å². The Kier molecular flexibility index (Phi) is 6.48. The number of rotatable bonds is 8. The molecule has 37 heavy (non-hydrogen) atoms. The van der Waals surface area contributed by atoms with Gasteiger partial charge in [-0.1, -0.05) is 71.9 Å². The zero-order valence-corrected chi connectivity index (χ0v) is 20.8. The van der Waals surface area contributed by atoms with Gasteiger partial charge in [0.1, 0.15) is 23.5 Å². The van der Waals surface area contributed by atoms with Gasteiger partial charge in [0.15, 0.2) is 0 Å².